The molecule has 1 atom stereocenters. The Morgan fingerprint density at radius 1 is 1.00 bits per heavy atom. The van der Waals surface area contributed by atoms with Crippen molar-refractivity contribution in [2.45, 2.75) is 92.2 Å². The molecule has 1 rings (SSSR count). The number of Topliss-reactive ketones (excluding diaryl/α,β-unsaturated/α-hetero) is 1. The van der Waals surface area contributed by atoms with E-state index in [-0.39, 0.29) is 12.2 Å². The van der Waals surface area contributed by atoms with Crippen LogP contribution >= 0.6 is 0 Å². The lowest BCUT2D eigenvalue weighted by atomic mass is 9.84. The van der Waals surface area contributed by atoms with Crippen LogP contribution in [0.25, 0.3) is 5.57 Å². The summed E-state index contributed by atoms with van der Waals surface area (Å²) in [5.41, 5.74) is 2.19. The highest BCUT2D eigenvalue weighted by Gasteiger charge is 2.46. The molecule has 0 radical (unpaired) electrons. The molecule has 4 heteroatoms. The van der Waals surface area contributed by atoms with Crippen LogP contribution in [0.2, 0.25) is 0 Å². The van der Waals surface area contributed by atoms with E-state index >= 15 is 0 Å². The van der Waals surface area contributed by atoms with E-state index in [0.29, 0.717) is 17.9 Å². The third-order valence-corrected chi connectivity index (χ3v) is 6.50. The summed E-state index contributed by atoms with van der Waals surface area (Å²) in [7, 11) is 0. The quantitative estimate of drug-likeness (QED) is 0.153. The van der Waals surface area contributed by atoms with Gasteiger partial charge in [0.1, 0.15) is 0 Å². The highest BCUT2D eigenvalue weighted by Crippen LogP contribution is 2.41. The Labute approximate surface area is 198 Å². The Morgan fingerprint density at radius 2 is 1.61 bits per heavy atom. The number of alkyl halides is 3. The Balaban J connectivity index is 2.57. The second-order valence-corrected chi connectivity index (χ2v) is 9.68. The second-order valence-electron chi connectivity index (χ2n) is 9.68. The minimum absolute atomic E-state index is 0.0459. The van der Waals surface area contributed by atoms with Crippen molar-refractivity contribution in [1.29, 1.82) is 0 Å². The van der Waals surface area contributed by atoms with Crippen LogP contribution in [0.3, 0.4) is 0 Å². The predicted octanol–water partition coefficient (Wildman–Crippen LogP) is 9.75. The first kappa shape index (κ1) is 28.9. The molecule has 0 amide bonds. The lowest BCUT2D eigenvalue weighted by molar-refractivity contribution is -0.214. The van der Waals surface area contributed by atoms with Gasteiger partial charge in [0.25, 0.3) is 0 Å². The van der Waals surface area contributed by atoms with Gasteiger partial charge in [0.05, 0.1) is 5.41 Å². The molecule has 184 valence electrons. The maximum Gasteiger partial charge on any atom is 0.393 e. The van der Waals surface area contributed by atoms with Gasteiger partial charge in [-0.3, -0.25) is 4.79 Å². The van der Waals surface area contributed by atoms with E-state index < -0.39 is 11.6 Å². The minimum Gasteiger partial charge on any atom is -0.295 e. The minimum atomic E-state index is -4.14. The van der Waals surface area contributed by atoms with Crippen LogP contribution in [0.4, 0.5) is 13.2 Å². The zero-order valence-electron chi connectivity index (χ0n) is 21.0. The fourth-order valence-corrected chi connectivity index (χ4v) is 3.90. The van der Waals surface area contributed by atoms with E-state index in [1.165, 1.54) is 19.4 Å². The van der Waals surface area contributed by atoms with Crippen molar-refractivity contribution in [2.75, 3.05) is 0 Å². The Bertz CT molecular complexity index is 810. The number of carbonyl (C=O) groups is 1. The Kier molecular flexibility index (Phi) is 11.9. The number of ketones is 1. The van der Waals surface area contributed by atoms with Crippen molar-refractivity contribution in [3.63, 3.8) is 0 Å². The van der Waals surface area contributed by atoms with Crippen LogP contribution in [0.1, 0.15) is 102 Å². The topological polar surface area (TPSA) is 17.1 Å². The van der Waals surface area contributed by atoms with Crippen LogP contribution in [-0.2, 0) is 0 Å². The summed E-state index contributed by atoms with van der Waals surface area (Å²) in [5, 5.41) is 0. The monoisotopic (exact) mass is 462 g/mol. The number of halogens is 3. The summed E-state index contributed by atoms with van der Waals surface area (Å²) >= 11 is 0. The molecule has 0 spiro atoms. The highest BCUT2D eigenvalue weighted by molar-refractivity contribution is 5.94. The molecule has 1 aromatic rings. The van der Waals surface area contributed by atoms with Gasteiger partial charge in [0.2, 0.25) is 0 Å². The van der Waals surface area contributed by atoms with Crippen LogP contribution in [0.5, 0.6) is 0 Å². The molecule has 0 fully saturated rings. The summed E-state index contributed by atoms with van der Waals surface area (Å²) < 4.78 is 39.1. The van der Waals surface area contributed by atoms with Crippen molar-refractivity contribution in [1.82, 2.24) is 0 Å². The van der Waals surface area contributed by atoms with Crippen molar-refractivity contribution >= 4 is 11.4 Å². The van der Waals surface area contributed by atoms with E-state index in [0.717, 1.165) is 49.7 Å². The predicted molar refractivity (Wildman–Crippen MR) is 134 cm³/mol. The van der Waals surface area contributed by atoms with Crippen molar-refractivity contribution < 1.29 is 18.0 Å². The summed E-state index contributed by atoms with van der Waals surface area (Å²) in [4.78, 5) is 11.4. The standard InChI is InChI=1S/C29H41F3O/c1-7-11-25(12-9-10-21-28(5,6)29(30,31)32)16-15-24(8-2)14-13-22(3)26-17-19-27(20-18-26)23(4)33/h8,13-14,17-20,25H,3,7,9-12,15-16,21H2,1-2,4-6H3/b14-13-,24-8+. The first-order chi connectivity index (χ1) is 15.4. The third-order valence-electron chi connectivity index (χ3n) is 6.50. The molecular weight excluding hydrogens is 421 g/mol. The second kappa shape index (κ2) is 13.6. The first-order valence-electron chi connectivity index (χ1n) is 12.1. The molecule has 1 nitrogen and oxygen atoms in total. The number of benzene rings is 1. The van der Waals surface area contributed by atoms with Gasteiger partial charge >= 0.3 is 6.18 Å². The van der Waals surface area contributed by atoms with Gasteiger partial charge in [-0.15, -0.1) is 0 Å². The lowest BCUT2D eigenvalue weighted by Crippen LogP contribution is -2.31. The highest BCUT2D eigenvalue weighted by atomic mass is 19.4. The Morgan fingerprint density at radius 3 is 2.12 bits per heavy atom. The normalized spacial score (nSPS) is 14.0. The van der Waals surface area contributed by atoms with E-state index in [9.17, 15) is 18.0 Å². The average molecular weight is 463 g/mol. The molecule has 0 aromatic heterocycles. The van der Waals surface area contributed by atoms with E-state index in [2.05, 4.69) is 25.7 Å². The molecule has 0 N–H and O–H groups in total. The maximum absolute atomic E-state index is 13.0. The lowest BCUT2D eigenvalue weighted by Gasteiger charge is -2.27. The van der Waals surface area contributed by atoms with Gasteiger partial charge < -0.3 is 0 Å². The van der Waals surface area contributed by atoms with Gasteiger partial charge in [-0.05, 0) is 50.2 Å². The molecule has 1 aromatic carbocycles. The molecule has 33 heavy (non-hydrogen) atoms. The molecular formula is C29H41F3O. The molecule has 1 unspecified atom stereocenters. The van der Waals surface area contributed by atoms with Crippen molar-refractivity contribution in [2.24, 2.45) is 11.3 Å². The maximum atomic E-state index is 13.0. The average Bonchev–Trinajstić information content (AvgIpc) is 2.75. The molecule has 0 saturated heterocycles. The SMILES string of the molecule is C=C(/C=C\C(=C/C)CCC(CCC)CCCCC(C)(C)C(F)(F)F)c1ccc(C(C)=O)cc1. The zero-order chi connectivity index (χ0) is 25.1. The Hall–Kier alpha value is -2.10. The number of rotatable bonds is 14. The van der Waals surface area contributed by atoms with Gasteiger partial charge in [0.15, 0.2) is 5.78 Å². The van der Waals surface area contributed by atoms with E-state index in [1.807, 2.05) is 37.3 Å². The summed E-state index contributed by atoms with van der Waals surface area (Å²) in [5.74, 6) is 0.583. The smallest absolute Gasteiger partial charge is 0.295 e. The molecule has 0 aliphatic rings. The van der Waals surface area contributed by atoms with Gasteiger partial charge in [-0.25, -0.2) is 0 Å². The van der Waals surface area contributed by atoms with E-state index in [1.54, 1.807) is 6.92 Å². The number of carbonyl (C=O) groups excluding carboxylic acids is 1. The van der Waals surface area contributed by atoms with Crippen molar-refractivity contribution in [3.8, 4) is 0 Å². The summed E-state index contributed by atoms with van der Waals surface area (Å²) in [6.07, 6.45) is 8.89. The molecule has 0 aliphatic carbocycles. The van der Waals surface area contributed by atoms with Gasteiger partial charge in [-0.1, -0.05) is 108 Å². The van der Waals surface area contributed by atoms with Crippen molar-refractivity contribution in [3.05, 3.63) is 65.8 Å². The van der Waals surface area contributed by atoms with Crippen LogP contribution in [0.15, 0.2) is 54.6 Å². The van der Waals surface area contributed by atoms with Crippen LogP contribution < -0.4 is 0 Å². The molecule has 0 aliphatic heterocycles. The van der Waals surface area contributed by atoms with Crippen LogP contribution in [-0.4, -0.2) is 12.0 Å². The fourth-order valence-electron chi connectivity index (χ4n) is 3.90. The number of unbranched alkanes of at least 4 members (excludes halogenated alkanes) is 1. The largest absolute Gasteiger partial charge is 0.393 e. The molecule has 0 bridgehead atoms. The summed E-state index contributed by atoms with van der Waals surface area (Å²) in [6.45, 7) is 12.5. The first-order valence-corrected chi connectivity index (χ1v) is 12.1. The molecule has 0 heterocycles. The van der Waals surface area contributed by atoms with Crippen LogP contribution in [0, 0.1) is 11.3 Å². The number of allylic oxidation sites excluding steroid dienone is 5. The van der Waals surface area contributed by atoms with Gasteiger partial charge in [0, 0.05) is 5.56 Å². The zero-order valence-corrected chi connectivity index (χ0v) is 21.0. The number of hydrogen-bond acceptors (Lipinski definition) is 1. The van der Waals surface area contributed by atoms with Gasteiger partial charge in [-0.2, -0.15) is 13.2 Å². The third kappa shape index (κ3) is 10.1. The van der Waals surface area contributed by atoms with E-state index in [4.69, 9.17) is 0 Å². The number of hydrogen-bond donors (Lipinski definition) is 0. The molecule has 0 saturated carbocycles. The fraction of sp³-hybridized carbons (Fsp3) is 0.552. The summed E-state index contributed by atoms with van der Waals surface area (Å²) in [6, 6.07) is 7.46.